The van der Waals surface area contributed by atoms with E-state index >= 15 is 0 Å². The van der Waals surface area contributed by atoms with Crippen LogP contribution in [0.4, 0.5) is 22.4 Å². The van der Waals surface area contributed by atoms with E-state index in [2.05, 4.69) is 56.8 Å². The molecule has 6 aromatic heterocycles. The summed E-state index contributed by atoms with van der Waals surface area (Å²) < 4.78 is 21.3. The van der Waals surface area contributed by atoms with Crippen molar-refractivity contribution in [1.29, 1.82) is 0 Å². The topological polar surface area (TPSA) is 225 Å². The third kappa shape index (κ3) is 9.88. The summed E-state index contributed by atoms with van der Waals surface area (Å²) in [5, 5.41) is 8.63. The van der Waals surface area contributed by atoms with Gasteiger partial charge in [0.05, 0.1) is 10.8 Å². The van der Waals surface area contributed by atoms with Crippen molar-refractivity contribution in [2.24, 2.45) is 11.8 Å². The van der Waals surface area contributed by atoms with Crippen LogP contribution >= 0.6 is 0 Å². The summed E-state index contributed by atoms with van der Waals surface area (Å²) in [5.41, 5.74) is 12.9. The van der Waals surface area contributed by atoms with E-state index in [0.717, 1.165) is 109 Å². The molecular weight excluding hydrogens is 957 g/mol. The number of nitrogens with one attached hydrogen (secondary N) is 2. The van der Waals surface area contributed by atoms with Gasteiger partial charge in [-0.15, -0.1) is 0 Å². The minimum absolute atomic E-state index is 0.00621. The highest BCUT2D eigenvalue weighted by Crippen LogP contribution is 2.64. The lowest BCUT2D eigenvalue weighted by atomic mass is 9.49. The van der Waals surface area contributed by atoms with Crippen molar-refractivity contribution in [3.8, 4) is 0 Å². The summed E-state index contributed by atoms with van der Waals surface area (Å²) in [6.45, 7) is 8.74. The Morgan fingerprint density at radius 2 is 1.32 bits per heavy atom. The number of hydrogen-bond donors (Lipinski definition) is 3. The maximum atomic E-state index is 12.9. The fourth-order valence-electron chi connectivity index (χ4n) is 11.0. The van der Waals surface area contributed by atoms with Gasteiger partial charge in [0.15, 0.2) is 0 Å². The molecule has 0 aromatic carbocycles. The number of anilines is 3. The first-order valence-corrected chi connectivity index (χ1v) is 26.9. The van der Waals surface area contributed by atoms with Crippen LogP contribution in [-0.2, 0) is 26.6 Å². The predicted octanol–water partition coefficient (Wildman–Crippen LogP) is 7.22. The lowest BCUT2D eigenvalue weighted by Crippen LogP contribution is -2.60. The number of nitrogens with two attached hydrogens (primary N) is 1. The molecule has 0 saturated heterocycles. The Morgan fingerprint density at radius 3 is 1.78 bits per heavy atom. The van der Waals surface area contributed by atoms with E-state index in [9.17, 15) is 18.6 Å². The summed E-state index contributed by atoms with van der Waals surface area (Å²) in [6.07, 6.45) is 21.2. The first kappa shape index (κ1) is 50.5. The van der Waals surface area contributed by atoms with Gasteiger partial charge < -0.3 is 44.9 Å². The second kappa shape index (κ2) is 19.7. The molecule has 19 nitrogen and oxygen atoms in total. The van der Waals surface area contributed by atoms with E-state index in [1.54, 1.807) is 73.8 Å². The number of nitrogen functional groups attached to an aromatic ring is 1. The molecule has 6 aromatic rings. The highest BCUT2D eigenvalue weighted by Gasteiger charge is 2.60. The Balaban J connectivity index is 0.000000132. The summed E-state index contributed by atoms with van der Waals surface area (Å²) >= 11 is 0. The highest BCUT2D eigenvalue weighted by atomic mass is 32.2. The molecule has 20 heteroatoms. The third-order valence-corrected chi connectivity index (χ3v) is 15.7. The van der Waals surface area contributed by atoms with Crippen LogP contribution in [0.1, 0.15) is 104 Å². The van der Waals surface area contributed by atoms with Crippen molar-refractivity contribution >= 4 is 79.5 Å². The normalized spacial score (nSPS) is 22.6. The zero-order valence-corrected chi connectivity index (χ0v) is 44.3. The molecule has 0 radical (unpaired) electrons. The Bertz CT molecular complexity index is 3210. The molecule has 2 aliphatic heterocycles. The van der Waals surface area contributed by atoms with Crippen LogP contribution in [0.15, 0.2) is 78.5 Å². The molecule has 1 unspecified atom stereocenters. The van der Waals surface area contributed by atoms with Gasteiger partial charge in [0, 0.05) is 101 Å². The molecule has 0 spiro atoms. The van der Waals surface area contributed by atoms with E-state index in [-0.39, 0.29) is 29.0 Å². The predicted molar refractivity (Wildman–Crippen MR) is 286 cm³/mol. The largest absolute Gasteiger partial charge is 0.444 e. The number of aromatic nitrogens is 8. The first-order valence-electron chi connectivity index (χ1n) is 25.4. The molecule has 4 N–H and O–H groups in total. The molecule has 4 bridgehead atoms. The molecule has 6 fully saturated rings. The number of fused-ring (bicyclic) bond motifs is 2. The summed E-state index contributed by atoms with van der Waals surface area (Å²) in [7, 11) is 5.86. The average Bonchev–Trinajstić information content (AvgIpc) is 3.88. The van der Waals surface area contributed by atoms with E-state index in [0.29, 0.717) is 47.2 Å². The van der Waals surface area contributed by atoms with Crippen molar-refractivity contribution in [1.82, 2.24) is 59.1 Å². The second-order valence-corrected chi connectivity index (χ2v) is 23.3. The summed E-state index contributed by atoms with van der Waals surface area (Å²) in [6, 6.07) is 11.6. The van der Waals surface area contributed by atoms with E-state index < -0.39 is 16.4 Å². The quantitative estimate of drug-likeness (QED) is 0.122. The van der Waals surface area contributed by atoms with Crippen molar-refractivity contribution in [2.75, 3.05) is 71.7 Å². The van der Waals surface area contributed by atoms with Crippen LogP contribution in [0, 0.1) is 11.8 Å². The molecule has 388 valence electrons. The maximum Gasteiger partial charge on any atom is 0.410 e. The fourth-order valence-corrected chi connectivity index (χ4v) is 11.4. The standard InChI is InChI=1S/C24H27N7O.C15H18N4O2S.C15H21N3O2/c1-30(2)22(32)19-9-18-14-27-23(29-21(18)31(19)24-10-15(11-24)12-24)28-20-4-3-17(13-26-20)16-5-7-25-8-6-16;1-18(2)13(20)11-4-10-8-16-14(22(3)21)17-12(10)19(11)15-5-9(6-15)7-15;1-15(2,3)20-14(19)18-8-6-11(7-9-18)12-4-5-13(16)17-10-12/h3-5,9,13-15,25H,6-8,10-12H2,1-2H3,(H,26,27,28,29);4,8-9H,5-7H2,1-3H3;4-6,10H,7-9H2,1-3H3,(H2,16,17). The monoisotopic (exact) mass is 1020 g/mol. The van der Waals surface area contributed by atoms with Gasteiger partial charge >= 0.3 is 6.09 Å². The van der Waals surface area contributed by atoms with E-state index in [4.69, 9.17) is 15.5 Å². The van der Waals surface area contributed by atoms with Gasteiger partial charge in [0.1, 0.15) is 39.9 Å². The molecule has 1 atom stereocenters. The van der Waals surface area contributed by atoms with E-state index in [1.807, 2.05) is 57.3 Å². The molecule has 74 heavy (non-hydrogen) atoms. The fraction of sp³-hybridized carbons (Fsp3) is 0.463. The van der Waals surface area contributed by atoms with Crippen LogP contribution in [0.5, 0.6) is 0 Å². The minimum atomic E-state index is -1.23. The van der Waals surface area contributed by atoms with Gasteiger partial charge in [0.2, 0.25) is 11.1 Å². The number of ether oxygens (including phenoxy) is 1. The van der Waals surface area contributed by atoms with Crippen molar-refractivity contribution in [3.63, 3.8) is 0 Å². The van der Waals surface area contributed by atoms with Crippen LogP contribution in [0.3, 0.4) is 0 Å². The Morgan fingerprint density at radius 1 is 0.757 bits per heavy atom. The molecule has 6 saturated carbocycles. The molecule has 6 aliphatic carbocycles. The number of rotatable bonds is 9. The van der Waals surface area contributed by atoms with Crippen molar-refractivity contribution < 1.29 is 23.3 Å². The lowest BCUT2D eigenvalue weighted by molar-refractivity contribution is -0.0871. The first-order chi connectivity index (χ1) is 35.3. The molecule has 8 aliphatic rings. The van der Waals surface area contributed by atoms with Crippen molar-refractivity contribution in [3.05, 3.63) is 95.9 Å². The van der Waals surface area contributed by atoms with Gasteiger partial charge in [-0.05, 0) is 149 Å². The SMILES string of the molecule is CC(C)(C)OC(=O)N1CC=C(c2ccc(N)nc2)CC1.CN(C)C(=O)c1cc2cnc(Nc3ccc(C4=CCNCC4)cn3)nc2n1C12CC(C1)C2.CN(C)C(=O)c1cc2cnc(S(C)=O)nc2n1C12CC(C1)C2. The minimum Gasteiger partial charge on any atom is -0.444 e. The Hall–Kier alpha value is -7.06. The average molecular weight is 1020 g/mol. The number of hydrogen-bond acceptors (Lipinski definition) is 14. The summed E-state index contributed by atoms with van der Waals surface area (Å²) in [4.78, 5) is 69.0. The van der Waals surface area contributed by atoms with Gasteiger partial charge in [-0.25, -0.2) is 29.7 Å². The van der Waals surface area contributed by atoms with E-state index in [1.165, 1.54) is 11.1 Å². The van der Waals surface area contributed by atoms with Crippen LogP contribution in [-0.4, -0.2) is 142 Å². The van der Waals surface area contributed by atoms with Gasteiger partial charge in [-0.1, -0.05) is 12.2 Å². The number of pyridine rings is 2. The smallest absolute Gasteiger partial charge is 0.410 e. The number of amides is 3. The Labute approximate surface area is 433 Å². The molecule has 14 rings (SSSR count). The zero-order chi connectivity index (χ0) is 52.3. The maximum absolute atomic E-state index is 12.9. The third-order valence-electron chi connectivity index (χ3n) is 15.0. The molecular formula is C54H66N14O5S. The summed E-state index contributed by atoms with van der Waals surface area (Å²) in [5.74, 6) is 3.28. The second-order valence-electron chi connectivity index (χ2n) is 22.0. The molecule has 3 amide bonds. The van der Waals surface area contributed by atoms with Gasteiger partial charge in [-0.2, -0.15) is 4.98 Å². The van der Waals surface area contributed by atoms with Crippen LogP contribution in [0.2, 0.25) is 0 Å². The van der Waals surface area contributed by atoms with Crippen LogP contribution in [0.25, 0.3) is 33.2 Å². The van der Waals surface area contributed by atoms with Gasteiger partial charge in [-0.3, -0.25) is 13.8 Å². The zero-order valence-electron chi connectivity index (χ0n) is 43.5. The molecule has 8 heterocycles. The highest BCUT2D eigenvalue weighted by molar-refractivity contribution is 7.84. The van der Waals surface area contributed by atoms with Gasteiger partial charge in [0.25, 0.3) is 11.8 Å². The van der Waals surface area contributed by atoms with Crippen LogP contribution < -0.4 is 16.4 Å². The number of nitrogens with zero attached hydrogens (tertiary/aromatic N) is 11. The number of carbonyl (C=O) groups is 3. The lowest BCUT2D eigenvalue weighted by Gasteiger charge is -2.62. The van der Waals surface area contributed by atoms with Crippen molar-refractivity contribution in [2.45, 2.75) is 94.0 Å². The Kier molecular flexibility index (Phi) is 13.4. The number of carbonyl (C=O) groups excluding carboxylic acids is 3.